The van der Waals surface area contributed by atoms with Crippen molar-refractivity contribution in [2.45, 2.75) is 34.9 Å². The molecule has 0 radical (unpaired) electrons. The van der Waals surface area contributed by atoms with Crippen LogP contribution in [0.1, 0.15) is 36.6 Å². The summed E-state index contributed by atoms with van der Waals surface area (Å²) in [5.41, 5.74) is 2.04. The second-order valence-electron chi connectivity index (χ2n) is 5.23. The summed E-state index contributed by atoms with van der Waals surface area (Å²) in [4.78, 5) is 11.6. The number of fused-ring (bicyclic) bond motifs is 1. The normalized spacial score (nSPS) is 22.5. The first kappa shape index (κ1) is 14.6. The predicted octanol–water partition coefficient (Wildman–Crippen LogP) is 4.09. The van der Waals surface area contributed by atoms with Gasteiger partial charge in [0.1, 0.15) is 6.04 Å². The molecule has 2 heterocycles. The van der Waals surface area contributed by atoms with Gasteiger partial charge < -0.3 is 5.11 Å². The molecular formula is C16H17NO2S2. The van der Waals surface area contributed by atoms with Gasteiger partial charge in [-0.05, 0) is 29.0 Å². The fourth-order valence-corrected chi connectivity index (χ4v) is 5.23. The van der Waals surface area contributed by atoms with Crippen molar-refractivity contribution in [3.63, 3.8) is 0 Å². The molecule has 5 heteroatoms. The van der Waals surface area contributed by atoms with Crippen LogP contribution in [0.3, 0.4) is 0 Å². The molecule has 3 atom stereocenters. The Labute approximate surface area is 132 Å². The van der Waals surface area contributed by atoms with Crippen LogP contribution in [0, 0.1) is 0 Å². The number of aliphatic carboxylic acids is 1. The Balaban J connectivity index is 1.86. The monoisotopic (exact) mass is 319 g/mol. The summed E-state index contributed by atoms with van der Waals surface area (Å²) in [6, 6.07) is 10.9. The lowest BCUT2D eigenvalue weighted by molar-refractivity contribution is -0.140. The van der Waals surface area contributed by atoms with Gasteiger partial charge in [0.2, 0.25) is 0 Å². The molecule has 2 N–H and O–H groups in total. The Hall–Kier alpha value is -1.30. The van der Waals surface area contributed by atoms with Crippen LogP contribution in [0.15, 0.2) is 46.0 Å². The van der Waals surface area contributed by atoms with Crippen LogP contribution in [-0.4, -0.2) is 16.3 Å². The zero-order chi connectivity index (χ0) is 14.8. The maximum Gasteiger partial charge on any atom is 0.325 e. The van der Waals surface area contributed by atoms with E-state index in [1.807, 2.05) is 42.1 Å². The first-order valence-corrected chi connectivity index (χ1v) is 8.69. The number of rotatable bonds is 4. The van der Waals surface area contributed by atoms with E-state index in [2.05, 4.69) is 23.7 Å². The van der Waals surface area contributed by atoms with Gasteiger partial charge in [0.25, 0.3) is 0 Å². The van der Waals surface area contributed by atoms with Gasteiger partial charge >= 0.3 is 5.97 Å². The second kappa shape index (κ2) is 6.22. The van der Waals surface area contributed by atoms with Gasteiger partial charge in [0.05, 0.1) is 4.21 Å². The number of hydrogen-bond acceptors (Lipinski definition) is 4. The van der Waals surface area contributed by atoms with Gasteiger partial charge in [0, 0.05) is 11.3 Å². The second-order valence-corrected chi connectivity index (χ2v) is 7.85. The lowest BCUT2D eigenvalue weighted by Gasteiger charge is -2.30. The Morgan fingerprint density at radius 3 is 2.81 bits per heavy atom. The smallest absolute Gasteiger partial charge is 0.325 e. The molecule has 0 bridgehead atoms. The van der Waals surface area contributed by atoms with E-state index in [9.17, 15) is 9.90 Å². The number of carboxylic acids is 1. The minimum Gasteiger partial charge on any atom is -0.480 e. The van der Waals surface area contributed by atoms with Crippen LogP contribution >= 0.6 is 23.1 Å². The third kappa shape index (κ3) is 3.15. The van der Waals surface area contributed by atoms with E-state index in [-0.39, 0.29) is 6.04 Å². The summed E-state index contributed by atoms with van der Waals surface area (Å²) in [5, 5.41) is 15.5. The highest BCUT2D eigenvalue weighted by Gasteiger charge is 2.30. The van der Waals surface area contributed by atoms with Gasteiger partial charge in [-0.1, -0.05) is 37.3 Å². The average Bonchev–Trinajstić information content (AvgIpc) is 2.93. The molecule has 21 heavy (non-hydrogen) atoms. The molecule has 110 valence electrons. The minimum atomic E-state index is -0.830. The number of thioether (sulfide) groups is 1. The molecule has 1 aromatic heterocycles. The van der Waals surface area contributed by atoms with Crippen molar-refractivity contribution in [2.75, 3.05) is 0 Å². The number of hydrogen-bond donors (Lipinski definition) is 2. The molecule has 3 nitrogen and oxygen atoms in total. The number of nitrogens with one attached hydrogen (secondary N) is 1. The minimum absolute atomic E-state index is 0.101. The third-order valence-electron chi connectivity index (χ3n) is 3.66. The topological polar surface area (TPSA) is 49.3 Å². The van der Waals surface area contributed by atoms with Crippen molar-refractivity contribution in [3.8, 4) is 0 Å². The van der Waals surface area contributed by atoms with Gasteiger partial charge in [-0.25, -0.2) is 0 Å². The highest BCUT2D eigenvalue weighted by Crippen LogP contribution is 2.44. The molecule has 0 fully saturated rings. The molecule has 1 aromatic carbocycles. The van der Waals surface area contributed by atoms with Crippen molar-refractivity contribution in [2.24, 2.45) is 0 Å². The van der Waals surface area contributed by atoms with E-state index in [0.717, 1.165) is 12.0 Å². The van der Waals surface area contributed by atoms with E-state index < -0.39 is 12.0 Å². The summed E-state index contributed by atoms with van der Waals surface area (Å²) in [6.07, 6.45) is 0.949. The van der Waals surface area contributed by atoms with Gasteiger partial charge in [-0.15, -0.1) is 23.1 Å². The molecule has 0 spiro atoms. The fourth-order valence-electron chi connectivity index (χ4n) is 2.66. The van der Waals surface area contributed by atoms with Crippen LogP contribution in [0.2, 0.25) is 0 Å². The van der Waals surface area contributed by atoms with Gasteiger partial charge in [0.15, 0.2) is 0 Å². The SMILES string of the molecule is C[C@H]1CC(NC(C(=O)O)c2ccccc2)c2ccsc2S1. The maximum atomic E-state index is 11.6. The maximum absolute atomic E-state index is 11.6. The molecule has 2 aromatic rings. The standard InChI is InChI=1S/C16H17NO2S2/c1-10-9-13(12-7-8-20-16(12)21-10)17-14(15(18)19)11-5-3-2-4-6-11/h2-8,10,13-14,17H,9H2,1H3,(H,18,19)/t10-,13?,14?/m0/s1. The Kier molecular flexibility index (Phi) is 4.33. The predicted molar refractivity (Wildman–Crippen MR) is 87.0 cm³/mol. The lowest BCUT2D eigenvalue weighted by Crippen LogP contribution is -2.34. The quantitative estimate of drug-likeness (QED) is 0.891. The summed E-state index contributed by atoms with van der Waals surface area (Å²) >= 11 is 3.62. The van der Waals surface area contributed by atoms with Gasteiger partial charge in [-0.2, -0.15) is 0 Å². The first-order valence-electron chi connectivity index (χ1n) is 6.93. The number of benzene rings is 1. The van der Waals surface area contributed by atoms with E-state index >= 15 is 0 Å². The van der Waals surface area contributed by atoms with Crippen LogP contribution < -0.4 is 5.32 Å². The molecule has 2 unspecified atom stereocenters. The summed E-state index contributed by atoms with van der Waals surface area (Å²) in [5.74, 6) is -0.830. The lowest BCUT2D eigenvalue weighted by atomic mass is 10.0. The van der Waals surface area contributed by atoms with E-state index in [0.29, 0.717) is 5.25 Å². The molecule has 1 aliphatic rings. The van der Waals surface area contributed by atoms with Crippen LogP contribution in [0.5, 0.6) is 0 Å². The number of thiophene rings is 1. The van der Waals surface area contributed by atoms with E-state index in [4.69, 9.17) is 0 Å². The van der Waals surface area contributed by atoms with Crippen molar-refractivity contribution < 1.29 is 9.90 Å². The molecular weight excluding hydrogens is 302 g/mol. The molecule has 0 saturated carbocycles. The highest BCUT2D eigenvalue weighted by molar-refractivity contribution is 8.01. The average molecular weight is 319 g/mol. The molecule has 0 saturated heterocycles. The Morgan fingerprint density at radius 1 is 1.33 bits per heavy atom. The molecule has 0 amide bonds. The summed E-state index contributed by atoms with van der Waals surface area (Å²) in [7, 11) is 0. The van der Waals surface area contributed by atoms with Gasteiger partial charge in [-0.3, -0.25) is 10.1 Å². The van der Waals surface area contributed by atoms with E-state index in [1.165, 1.54) is 9.77 Å². The summed E-state index contributed by atoms with van der Waals surface area (Å²) < 4.78 is 1.31. The van der Waals surface area contributed by atoms with E-state index in [1.54, 1.807) is 11.3 Å². The fraction of sp³-hybridized carbons (Fsp3) is 0.312. The third-order valence-corrected chi connectivity index (χ3v) is 6.00. The van der Waals surface area contributed by atoms with Crippen LogP contribution in [0.4, 0.5) is 0 Å². The van der Waals surface area contributed by atoms with Crippen LogP contribution in [-0.2, 0) is 4.79 Å². The summed E-state index contributed by atoms with van der Waals surface area (Å²) in [6.45, 7) is 2.19. The highest BCUT2D eigenvalue weighted by atomic mass is 32.2. The van der Waals surface area contributed by atoms with Crippen molar-refractivity contribution in [1.82, 2.24) is 5.32 Å². The first-order chi connectivity index (χ1) is 10.1. The van der Waals surface area contributed by atoms with Crippen molar-refractivity contribution in [1.29, 1.82) is 0 Å². The Morgan fingerprint density at radius 2 is 2.10 bits per heavy atom. The van der Waals surface area contributed by atoms with Crippen molar-refractivity contribution >= 4 is 29.1 Å². The van der Waals surface area contributed by atoms with Crippen LogP contribution in [0.25, 0.3) is 0 Å². The zero-order valence-corrected chi connectivity index (χ0v) is 13.3. The molecule has 3 rings (SSSR count). The zero-order valence-electron chi connectivity index (χ0n) is 11.7. The Bertz CT molecular complexity index is 626. The number of carbonyl (C=O) groups is 1. The molecule has 1 aliphatic heterocycles. The number of carboxylic acid groups (broad SMARTS) is 1. The molecule has 0 aliphatic carbocycles. The largest absolute Gasteiger partial charge is 0.480 e. The van der Waals surface area contributed by atoms with Crippen molar-refractivity contribution in [3.05, 3.63) is 52.9 Å².